The molecule has 2 heterocycles. The van der Waals surface area contributed by atoms with E-state index in [0.717, 1.165) is 9.87 Å². The van der Waals surface area contributed by atoms with Gasteiger partial charge >= 0.3 is 0 Å². The molecule has 1 aliphatic heterocycles. The Morgan fingerprint density at radius 2 is 1.75 bits per heavy atom. The van der Waals surface area contributed by atoms with Crippen LogP contribution in [-0.2, 0) is 16.4 Å². The molecule has 0 saturated heterocycles. The van der Waals surface area contributed by atoms with Crippen molar-refractivity contribution in [1.82, 2.24) is 9.29 Å². The topological polar surface area (TPSA) is 67.3 Å². The fourth-order valence-corrected chi connectivity index (χ4v) is 3.80. The molecule has 0 saturated carbocycles. The molecule has 1 aliphatic rings. The average Bonchev–Trinajstić information content (AvgIpc) is 2.66. The first kappa shape index (κ1) is 12.8. The van der Waals surface area contributed by atoms with Gasteiger partial charge in [-0.1, -0.05) is 12.1 Å². The van der Waals surface area contributed by atoms with Crippen molar-refractivity contribution >= 4 is 15.9 Å². The minimum atomic E-state index is -3.70. The van der Waals surface area contributed by atoms with Crippen molar-refractivity contribution in [2.24, 2.45) is 0 Å². The second kappa shape index (κ2) is 4.72. The summed E-state index contributed by atoms with van der Waals surface area (Å²) >= 11 is 0. The standard InChI is InChI=1S/C14H12N2O3S/c17-14-12-3-1-2-4-13(12)20(18,19)16(14)10-7-11-5-8-15-9-6-11/h1-6,8-9H,7,10H2. The van der Waals surface area contributed by atoms with E-state index in [0.29, 0.717) is 6.42 Å². The number of nitrogens with zero attached hydrogens (tertiary/aromatic N) is 2. The number of rotatable bonds is 3. The van der Waals surface area contributed by atoms with E-state index in [9.17, 15) is 13.2 Å². The normalized spacial score (nSPS) is 16.2. The van der Waals surface area contributed by atoms with Crippen molar-refractivity contribution in [1.29, 1.82) is 0 Å². The molecular weight excluding hydrogens is 276 g/mol. The largest absolute Gasteiger partial charge is 0.269 e. The van der Waals surface area contributed by atoms with E-state index in [-0.39, 0.29) is 17.0 Å². The smallest absolute Gasteiger partial charge is 0.268 e. The van der Waals surface area contributed by atoms with Gasteiger partial charge in [0.2, 0.25) is 0 Å². The monoisotopic (exact) mass is 288 g/mol. The van der Waals surface area contributed by atoms with Crippen molar-refractivity contribution in [3.05, 3.63) is 59.9 Å². The van der Waals surface area contributed by atoms with E-state index in [1.54, 1.807) is 42.7 Å². The lowest BCUT2D eigenvalue weighted by molar-refractivity contribution is 0.0872. The fraction of sp³-hybridized carbons (Fsp3) is 0.143. The number of fused-ring (bicyclic) bond motifs is 1. The zero-order valence-corrected chi connectivity index (χ0v) is 11.4. The van der Waals surface area contributed by atoms with Gasteiger partial charge in [-0.25, -0.2) is 12.7 Å². The molecule has 0 bridgehead atoms. The molecule has 0 atom stereocenters. The molecule has 6 heteroatoms. The van der Waals surface area contributed by atoms with E-state index in [4.69, 9.17) is 0 Å². The van der Waals surface area contributed by atoms with Crippen molar-refractivity contribution in [2.75, 3.05) is 6.54 Å². The second-order valence-corrected chi connectivity index (χ2v) is 6.31. The molecule has 5 nitrogen and oxygen atoms in total. The summed E-state index contributed by atoms with van der Waals surface area (Å²) in [7, 11) is -3.70. The van der Waals surface area contributed by atoms with Crippen LogP contribution < -0.4 is 0 Å². The molecular formula is C14H12N2O3S. The van der Waals surface area contributed by atoms with Gasteiger partial charge in [0.05, 0.1) is 5.56 Å². The van der Waals surface area contributed by atoms with Gasteiger partial charge in [0.15, 0.2) is 0 Å². The summed E-state index contributed by atoms with van der Waals surface area (Å²) in [4.78, 5) is 16.2. The molecule has 0 aliphatic carbocycles. The van der Waals surface area contributed by atoms with Crippen molar-refractivity contribution < 1.29 is 13.2 Å². The van der Waals surface area contributed by atoms with Gasteiger partial charge in [-0.15, -0.1) is 0 Å². The minimum absolute atomic E-state index is 0.0970. The summed E-state index contributed by atoms with van der Waals surface area (Å²) in [6.45, 7) is 0.139. The number of pyridine rings is 1. The maximum absolute atomic E-state index is 12.3. The van der Waals surface area contributed by atoms with Crippen LogP contribution in [0.25, 0.3) is 0 Å². The zero-order chi connectivity index (χ0) is 14.2. The number of sulfonamides is 1. The van der Waals surface area contributed by atoms with Crippen molar-refractivity contribution in [3.8, 4) is 0 Å². The lowest BCUT2D eigenvalue weighted by Crippen LogP contribution is -2.32. The maximum atomic E-state index is 12.3. The third kappa shape index (κ3) is 1.98. The Labute approximate surface area is 116 Å². The van der Waals surface area contributed by atoms with Crippen molar-refractivity contribution in [2.45, 2.75) is 11.3 Å². The number of carbonyl (C=O) groups excluding carboxylic acids is 1. The quantitative estimate of drug-likeness (QED) is 0.857. The summed E-state index contributed by atoms with van der Waals surface area (Å²) in [5.41, 5.74) is 1.20. The SMILES string of the molecule is O=C1c2ccccc2S(=O)(=O)N1CCc1ccncc1. The third-order valence-electron chi connectivity index (χ3n) is 3.26. The second-order valence-electron chi connectivity index (χ2n) is 4.48. The highest BCUT2D eigenvalue weighted by atomic mass is 32.2. The number of amides is 1. The first-order valence-electron chi connectivity index (χ1n) is 6.16. The van der Waals surface area contributed by atoms with E-state index in [1.807, 2.05) is 0 Å². The van der Waals surface area contributed by atoms with E-state index < -0.39 is 15.9 Å². The Balaban J connectivity index is 1.88. The highest BCUT2D eigenvalue weighted by Gasteiger charge is 2.40. The van der Waals surface area contributed by atoms with Gasteiger partial charge in [0, 0.05) is 18.9 Å². The number of carbonyl (C=O) groups is 1. The van der Waals surface area contributed by atoms with E-state index in [2.05, 4.69) is 4.98 Å². The summed E-state index contributed by atoms with van der Waals surface area (Å²) in [6, 6.07) is 9.91. The Kier molecular flexibility index (Phi) is 3.02. The lowest BCUT2D eigenvalue weighted by Gasteiger charge is -2.14. The van der Waals surface area contributed by atoms with Gasteiger partial charge in [0.25, 0.3) is 15.9 Å². The number of aromatic nitrogens is 1. The molecule has 1 amide bonds. The molecule has 0 spiro atoms. The van der Waals surface area contributed by atoms with Crippen LogP contribution in [0, 0.1) is 0 Å². The van der Waals surface area contributed by atoms with Gasteiger partial charge in [-0.2, -0.15) is 0 Å². The number of hydrogen-bond donors (Lipinski definition) is 0. The van der Waals surface area contributed by atoms with Crippen LogP contribution in [0.1, 0.15) is 15.9 Å². The Morgan fingerprint density at radius 3 is 2.45 bits per heavy atom. The first-order valence-corrected chi connectivity index (χ1v) is 7.60. The van der Waals surface area contributed by atoms with Gasteiger partial charge in [-0.05, 0) is 36.2 Å². The van der Waals surface area contributed by atoms with Crippen molar-refractivity contribution in [3.63, 3.8) is 0 Å². The lowest BCUT2D eigenvalue weighted by atomic mass is 10.2. The van der Waals surface area contributed by atoms with E-state index in [1.165, 1.54) is 6.07 Å². The van der Waals surface area contributed by atoms with E-state index >= 15 is 0 Å². The Morgan fingerprint density at radius 1 is 1.05 bits per heavy atom. The molecule has 1 aromatic heterocycles. The fourth-order valence-electron chi connectivity index (χ4n) is 2.23. The molecule has 102 valence electrons. The molecule has 0 N–H and O–H groups in total. The average molecular weight is 288 g/mol. The summed E-state index contributed by atoms with van der Waals surface area (Å²) in [5, 5.41) is 0. The summed E-state index contributed by atoms with van der Waals surface area (Å²) in [6.07, 6.45) is 3.76. The number of benzene rings is 1. The predicted octanol–water partition coefficient (Wildman–Crippen LogP) is 1.47. The highest BCUT2D eigenvalue weighted by Crippen LogP contribution is 2.29. The first-order chi connectivity index (χ1) is 9.60. The summed E-state index contributed by atoms with van der Waals surface area (Å²) in [5.74, 6) is -0.449. The van der Waals surface area contributed by atoms with Gasteiger partial charge < -0.3 is 0 Å². The zero-order valence-electron chi connectivity index (χ0n) is 10.6. The molecule has 20 heavy (non-hydrogen) atoms. The predicted molar refractivity (Wildman–Crippen MR) is 72.6 cm³/mol. The van der Waals surface area contributed by atoms with Crippen LogP contribution in [-0.4, -0.2) is 30.2 Å². The molecule has 2 aromatic rings. The van der Waals surface area contributed by atoms with Gasteiger partial charge in [-0.3, -0.25) is 9.78 Å². The Hall–Kier alpha value is -2.21. The van der Waals surface area contributed by atoms with Crippen LogP contribution in [0.15, 0.2) is 53.7 Å². The maximum Gasteiger partial charge on any atom is 0.269 e. The minimum Gasteiger partial charge on any atom is -0.268 e. The molecule has 3 rings (SSSR count). The summed E-state index contributed by atoms with van der Waals surface area (Å²) < 4.78 is 25.6. The molecule has 1 aromatic carbocycles. The highest BCUT2D eigenvalue weighted by molar-refractivity contribution is 7.90. The van der Waals surface area contributed by atoms with Crippen LogP contribution in [0.5, 0.6) is 0 Å². The van der Waals surface area contributed by atoms with Crippen LogP contribution in [0.3, 0.4) is 0 Å². The number of hydrogen-bond acceptors (Lipinski definition) is 4. The van der Waals surface area contributed by atoms with Crippen LogP contribution in [0.2, 0.25) is 0 Å². The van der Waals surface area contributed by atoms with Gasteiger partial charge in [0.1, 0.15) is 4.90 Å². The van der Waals surface area contributed by atoms with Crippen LogP contribution in [0.4, 0.5) is 0 Å². The Bertz CT molecular complexity index is 757. The molecule has 0 radical (unpaired) electrons. The molecule has 0 unspecified atom stereocenters. The third-order valence-corrected chi connectivity index (χ3v) is 5.11. The molecule has 0 fully saturated rings. The van der Waals surface area contributed by atoms with Crippen LogP contribution >= 0.6 is 0 Å².